The number of pyridine rings is 1. The summed E-state index contributed by atoms with van der Waals surface area (Å²) in [5.74, 6) is 0. The van der Waals surface area contributed by atoms with Gasteiger partial charge in [0.2, 0.25) is 0 Å². The molecule has 0 saturated heterocycles. The molecule has 0 amide bonds. The number of hydrogen-bond donors (Lipinski definition) is 0. The number of aromatic nitrogens is 2. The van der Waals surface area contributed by atoms with Crippen molar-refractivity contribution in [2.45, 2.75) is 0 Å². The zero-order valence-electron chi connectivity index (χ0n) is 17.4. The molecule has 0 saturated carbocycles. The molecule has 4 heteroatoms. The fourth-order valence-electron chi connectivity index (χ4n) is 5.37. The van der Waals surface area contributed by atoms with Crippen molar-refractivity contribution in [2.24, 2.45) is 0 Å². The van der Waals surface area contributed by atoms with Gasteiger partial charge in [0, 0.05) is 34.2 Å². The third-order valence-corrected chi connectivity index (χ3v) is 6.68. The lowest BCUT2D eigenvalue weighted by Gasteiger charge is -2.08. The van der Waals surface area contributed by atoms with E-state index in [4.69, 9.17) is 8.83 Å². The van der Waals surface area contributed by atoms with E-state index in [-0.39, 0.29) is 0 Å². The second kappa shape index (κ2) is 6.02. The summed E-state index contributed by atoms with van der Waals surface area (Å²) in [6.07, 6.45) is 3.67. The van der Waals surface area contributed by atoms with Gasteiger partial charge in [0.05, 0.1) is 27.2 Å². The van der Waals surface area contributed by atoms with E-state index in [1.807, 2.05) is 48.8 Å². The molecule has 8 aromatic rings. The zero-order valence-corrected chi connectivity index (χ0v) is 17.4. The Morgan fingerprint density at radius 2 is 1.09 bits per heavy atom. The van der Waals surface area contributed by atoms with Crippen LogP contribution in [-0.4, -0.2) is 9.55 Å². The summed E-state index contributed by atoms with van der Waals surface area (Å²) in [7, 11) is 0. The average Bonchev–Trinajstić information content (AvgIpc) is 3.53. The molecule has 0 aliphatic heterocycles. The molecule has 0 aliphatic carbocycles. The topological polar surface area (TPSA) is 44.1 Å². The third-order valence-electron chi connectivity index (χ3n) is 6.68. The molecule has 4 nitrogen and oxygen atoms in total. The Balaban J connectivity index is 1.80. The molecular formula is C29H16N2O2. The summed E-state index contributed by atoms with van der Waals surface area (Å²) in [6.45, 7) is 0. The Morgan fingerprint density at radius 3 is 1.79 bits per heavy atom. The second-order valence-corrected chi connectivity index (χ2v) is 8.39. The van der Waals surface area contributed by atoms with Crippen LogP contribution in [0, 0.1) is 0 Å². The van der Waals surface area contributed by atoms with Crippen molar-refractivity contribution >= 4 is 65.7 Å². The third kappa shape index (κ3) is 2.08. The van der Waals surface area contributed by atoms with Crippen molar-refractivity contribution in [1.29, 1.82) is 0 Å². The van der Waals surface area contributed by atoms with E-state index in [0.29, 0.717) is 0 Å². The lowest BCUT2D eigenvalue weighted by molar-refractivity contribution is 0.665. The van der Waals surface area contributed by atoms with Crippen LogP contribution < -0.4 is 0 Å². The van der Waals surface area contributed by atoms with Crippen LogP contribution in [0.2, 0.25) is 0 Å². The molecule has 4 heterocycles. The van der Waals surface area contributed by atoms with Crippen molar-refractivity contribution in [3.8, 4) is 5.69 Å². The highest BCUT2D eigenvalue weighted by atomic mass is 16.3. The first-order valence-corrected chi connectivity index (χ1v) is 11.0. The first-order chi connectivity index (χ1) is 16.4. The molecule has 0 atom stereocenters. The smallest absolute Gasteiger partial charge is 0.149 e. The van der Waals surface area contributed by atoms with Crippen LogP contribution in [0.4, 0.5) is 0 Å². The summed E-state index contributed by atoms with van der Waals surface area (Å²) in [4.78, 5) is 4.25. The van der Waals surface area contributed by atoms with Gasteiger partial charge in [-0.05, 0) is 30.3 Å². The van der Waals surface area contributed by atoms with E-state index in [1.54, 1.807) is 0 Å². The Labute approximate surface area is 187 Å². The van der Waals surface area contributed by atoms with Crippen LogP contribution in [-0.2, 0) is 0 Å². The first-order valence-electron chi connectivity index (χ1n) is 11.0. The standard InChI is InChI=1S/C29H16N2O2/c1-4-10-21-18(7-1)24-27(31(21)17-13-15-30-16-14-17)25-19-8-2-5-11-22(19)32-29(25)26-20-9-3-6-12-23(20)33-28(24)26/h1-16H. The molecule has 4 aromatic heterocycles. The predicted molar refractivity (Wildman–Crippen MR) is 133 cm³/mol. The van der Waals surface area contributed by atoms with E-state index < -0.39 is 0 Å². The summed E-state index contributed by atoms with van der Waals surface area (Å²) < 4.78 is 15.4. The molecule has 0 spiro atoms. The maximum absolute atomic E-state index is 6.54. The van der Waals surface area contributed by atoms with Crippen LogP contribution in [0.3, 0.4) is 0 Å². The SMILES string of the molecule is c1ccc2c(c1)oc1c2c2oc3ccccc3c2c2c1c1ccccc1n2-c1ccncc1. The van der Waals surface area contributed by atoms with Gasteiger partial charge in [-0.1, -0.05) is 54.6 Å². The van der Waals surface area contributed by atoms with Crippen LogP contribution in [0.5, 0.6) is 0 Å². The molecule has 154 valence electrons. The molecule has 33 heavy (non-hydrogen) atoms. The van der Waals surface area contributed by atoms with Crippen molar-refractivity contribution in [3.63, 3.8) is 0 Å². The maximum Gasteiger partial charge on any atom is 0.149 e. The normalized spacial score (nSPS) is 12.2. The van der Waals surface area contributed by atoms with Gasteiger partial charge in [-0.3, -0.25) is 4.98 Å². The highest BCUT2D eigenvalue weighted by Gasteiger charge is 2.26. The summed E-state index contributed by atoms with van der Waals surface area (Å²) >= 11 is 0. The van der Waals surface area contributed by atoms with Crippen molar-refractivity contribution in [1.82, 2.24) is 9.55 Å². The minimum Gasteiger partial charge on any atom is -0.455 e. The van der Waals surface area contributed by atoms with Crippen LogP contribution in [0.1, 0.15) is 0 Å². The Morgan fingerprint density at radius 1 is 0.545 bits per heavy atom. The predicted octanol–water partition coefficient (Wildman–Crippen LogP) is 7.98. The zero-order chi connectivity index (χ0) is 21.5. The van der Waals surface area contributed by atoms with E-state index in [1.165, 1.54) is 0 Å². The molecule has 0 unspecified atom stereocenters. The number of furan rings is 2. The van der Waals surface area contributed by atoms with Gasteiger partial charge < -0.3 is 13.4 Å². The van der Waals surface area contributed by atoms with E-state index in [9.17, 15) is 0 Å². The lowest BCUT2D eigenvalue weighted by atomic mass is 10.0. The highest BCUT2D eigenvalue weighted by Crippen LogP contribution is 2.48. The number of nitrogens with zero attached hydrogens (tertiary/aromatic N) is 2. The van der Waals surface area contributed by atoms with Gasteiger partial charge in [-0.2, -0.15) is 0 Å². The number of para-hydroxylation sites is 3. The molecule has 0 bridgehead atoms. The van der Waals surface area contributed by atoms with Crippen LogP contribution in [0.25, 0.3) is 71.4 Å². The average molecular weight is 424 g/mol. The largest absolute Gasteiger partial charge is 0.455 e. The number of fused-ring (bicyclic) bond motifs is 12. The molecule has 8 rings (SSSR count). The van der Waals surface area contributed by atoms with E-state index in [2.05, 4.69) is 58.1 Å². The minimum atomic E-state index is 0.863. The van der Waals surface area contributed by atoms with Gasteiger partial charge in [-0.15, -0.1) is 0 Å². The Kier molecular flexibility index (Phi) is 3.11. The van der Waals surface area contributed by atoms with Crippen LogP contribution in [0.15, 0.2) is 106 Å². The molecule has 0 fully saturated rings. The quantitative estimate of drug-likeness (QED) is 0.268. The second-order valence-electron chi connectivity index (χ2n) is 8.39. The van der Waals surface area contributed by atoms with Gasteiger partial charge in [-0.25, -0.2) is 0 Å². The number of benzene rings is 4. The van der Waals surface area contributed by atoms with Gasteiger partial charge in [0.25, 0.3) is 0 Å². The molecule has 0 aliphatic rings. The monoisotopic (exact) mass is 424 g/mol. The molecule has 4 aromatic carbocycles. The minimum absolute atomic E-state index is 0.863. The summed E-state index contributed by atoms with van der Waals surface area (Å²) in [6, 6.07) is 29.1. The summed E-state index contributed by atoms with van der Waals surface area (Å²) in [5, 5.41) is 6.56. The fraction of sp³-hybridized carbons (Fsp3) is 0. The van der Waals surface area contributed by atoms with Crippen molar-refractivity contribution < 1.29 is 8.83 Å². The molecule has 0 radical (unpaired) electrons. The van der Waals surface area contributed by atoms with E-state index >= 15 is 0 Å². The Bertz CT molecular complexity index is 1990. The van der Waals surface area contributed by atoms with Crippen molar-refractivity contribution in [3.05, 3.63) is 97.3 Å². The maximum atomic E-state index is 6.54. The van der Waals surface area contributed by atoms with Gasteiger partial charge in [0.1, 0.15) is 22.3 Å². The Hall–Kier alpha value is -4.57. The molecule has 0 N–H and O–H groups in total. The van der Waals surface area contributed by atoms with Crippen molar-refractivity contribution in [2.75, 3.05) is 0 Å². The van der Waals surface area contributed by atoms with Crippen LogP contribution >= 0.6 is 0 Å². The lowest BCUT2D eigenvalue weighted by Crippen LogP contribution is -1.94. The first kappa shape index (κ1) is 17.0. The molecular weight excluding hydrogens is 408 g/mol. The fourth-order valence-corrected chi connectivity index (χ4v) is 5.37. The highest BCUT2D eigenvalue weighted by molar-refractivity contribution is 6.37. The summed E-state index contributed by atoms with van der Waals surface area (Å²) in [5.41, 5.74) is 6.73. The van der Waals surface area contributed by atoms with E-state index in [0.717, 1.165) is 71.4 Å². The van der Waals surface area contributed by atoms with Gasteiger partial charge in [0.15, 0.2) is 0 Å². The number of rotatable bonds is 1. The van der Waals surface area contributed by atoms with Gasteiger partial charge >= 0.3 is 0 Å². The number of hydrogen-bond acceptors (Lipinski definition) is 3.